The number of amides is 2. The van der Waals surface area contributed by atoms with Crippen LogP contribution in [0.25, 0.3) is 0 Å². The molecule has 1 aliphatic rings. The molecule has 168 valence electrons. The summed E-state index contributed by atoms with van der Waals surface area (Å²) in [5.74, 6) is 0. The van der Waals surface area contributed by atoms with Gasteiger partial charge in [-0.3, -0.25) is 0 Å². The lowest BCUT2D eigenvalue weighted by atomic mass is 10.0. The first-order valence-corrected chi connectivity index (χ1v) is 11.2. The monoisotopic (exact) mass is 423 g/mol. The van der Waals surface area contributed by atoms with Crippen LogP contribution in [0.1, 0.15) is 18.4 Å². The molecule has 0 atom stereocenters. The number of anilines is 2. The van der Waals surface area contributed by atoms with E-state index in [2.05, 4.69) is 65.4 Å². The number of piperidine rings is 1. The summed E-state index contributed by atoms with van der Waals surface area (Å²) in [5.41, 5.74) is 3.08. The Bertz CT molecular complexity index is 820. The van der Waals surface area contributed by atoms with Gasteiger partial charge >= 0.3 is 6.03 Å². The fraction of sp³-hybridized carbons (Fsp3) is 0.480. The number of para-hydroxylation sites is 2. The number of carbonyl (C=O) groups is 1. The lowest BCUT2D eigenvalue weighted by Crippen LogP contribution is -2.45. The molecule has 1 aliphatic heterocycles. The fourth-order valence-corrected chi connectivity index (χ4v) is 4.09. The third kappa shape index (κ3) is 6.71. The lowest BCUT2D eigenvalue weighted by Gasteiger charge is -2.35. The molecule has 3 rings (SSSR count). The maximum Gasteiger partial charge on any atom is 0.321 e. The average Bonchev–Trinajstić information content (AvgIpc) is 2.78. The summed E-state index contributed by atoms with van der Waals surface area (Å²) in [6, 6.07) is 18.9. The topological polar surface area (TPSA) is 42.1 Å². The SMILES string of the molecule is CN1CCC(N(C)CCN(C)C(=O)Nc2ccccc2N(C)Cc2ccccc2)CC1. The molecule has 0 spiro atoms. The van der Waals surface area contributed by atoms with Gasteiger partial charge < -0.3 is 24.9 Å². The van der Waals surface area contributed by atoms with Gasteiger partial charge in [-0.15, -0.1) is 0 Å². The Hall–Kier alpha value is -2.57. The Balaban J connectivity index is 1.53. The van der Waals surface area contributed by atoms with E-state index in [1.54, 1.807) is 4.90 Å². The summed E-state index contributed by atoms with van der Waals surface area (Å²) in [6.45, 7) is 4.67. The van der Waals surface area contributed by atoms with Crippen molar-refractivity contribution in [1.82, 2.24) is 14.7 Å². The van der Waals surface area contributed by atoms with Crippen molar-refractivity contribution in [2.24, 2.45) is 0 Å². The summed E-state index contributed by atoms with van der Waals surface area (Å²) in [5, 5.41) is 3.11. The number of carbonyl (C=O) groups excluding carboxylic acids is 1. The Kier molecular flexibility index (Phi) is 8.32. The maximum absolute atomic E-state index is 12.8. The van der Waals surface area contributed by atoms with Crippen molar-refractivity contribution < 1.29 is 4.79 Å². The highest BCUT2D eigenvalue weighted by Gasteiger charge is 2.21. The number of hydrogen-bond acceptors (Lipinski definition) is 4. The van der Waals surface area contributed by atoms with Crippen LogP contribution in [0.5, 0.6) is 0 Å². The summed E-state index contributed by atoms with van der Waals surface area (Å²) in [7, 11) is 8.28. The third-order valence-corrected chi connectivity index (χ3v) is 6.27. The van der Waals surface area contributed by atoms with Gasteiger partial charge in [-0.2, -0.15) is 0 Å². The van der Waals surface area contributed by atoms with Gasteiger partial charge in [0.2, 0.25) is 0 Å². The number of urea groups is 1. The normalized spacial score (nSPS) is 15.1. The summed E-state index contributed by atoms with van der Waals surface area (Å²) >= 11 is 0. The van der Waals surface area contributed by atoms with Crippen LogP contribution in [0.15, 0.2) is 54.6 Å². The Labute approximate surface area is 187 Å². The largest absolute Gasteiger partial charge is 0.369 e. The Morgan fingerprint density at radius 1 is 0.968 bits per heavy atom. The maximum atomic E-state index is 12.8. The first-order chi connectivity index (χ1) is 14.9. The highest BCUT2D eigenvalue weighted by atomic mass is 16.2. The molecule has 2 amide bonds. The first-order valence-electron chi connectivity index (χ1n) is 11.2. The lowest BCUT2D eigenvalue weighted by molar-refractivity contribution is 0.136. The van der Waals surface area contributed by atoms with Crippen molar-refractivity contribution in [3.05, 3.63) is 60.2 Å². The molecule has 1 N–H and O–H groups in total. The second kappa shape index (κ2) is 11.2. The van der Waals surface area contributed by atoms with Crippen LogP contribution in [0.2, 0.25) is 0 Å². The minimum absolute atomic E-state index is 0.0719. The smallest absolute Gasteiger partial charge is 0.321 e. The van der Waals surface area contributed by atoms with Gasteiger partial charge in [0.25, 0.3) is 0 Å². The highest BCUT2D eigenvalue weighted by molar-refractivity contribution is 5.93. The molecule has 2 aromatic rings. The minimum Gasteiger partial charge on any atom is -0.369 e. The van der Waals surface area contributed by atoms with Gasteiger partial charge in [0.05, 0.1) is 11.4 Å². The summed E-state index contributed by atoms with van der Waals surface area (Å²) < 4.78 is 0. The molecule has 0 aliphatic carbocycles. The molecule has 1 fully saturated rings. The van der Waals surface area contributed by atoms with Crippen molar-refractivity contribution in [2.45, 2.75) is 25.4 Å². The number of benzene rings is 2. The zero-order valence-corrected chi connectivity index (χ0v) is 19.4. The van der Waals surface area contributed by atoms with Gasteiger partial charge in [-0.05, 0) is 57.7 Å². The van der Waals surface area contributed by atoms with Crippen LogP contribution in [0, 0.1) is 0 Å². The molecule has 0 unspecified atom stereocenters. The van der Waals surface area contributed by atoms with Crippen LogP contribution < -0.4 is 10.2 Å². The molecule has 0 radical (unpaired) electrons. The van der Waals surface area contributed by atoms with Gasteiger partial charge in [0, 0.05) is 39.8 Å². The van der Waals surface area contributed by atoms with Crippen molar-refractivity contribution in [2.75, 3.05) is 64.6 Å². The van der Waals surface area contributed by atoms with Crippen molar-refractivity contribution in [1.29, 1.82) is 0 Å². The molecule has 1 saturated heterocycles. The zero-order chi connectivity index (χ0) is 22.2. The summed E-state index contributed by atoms with van der Waals surface area (Å²) in [4.78, 5) is 21.6. The third-order valence-electron chi connectivity index (χ3n) is 6.27. The molecule has 0 aromatic heterocycles. The van der Waals surface area contributed by atoms with Crippen LogP contribution in [0.4, 0.5) is 16.2 Å². The Morgan fingerprint density at radius 3 is 2.32 bits per heavy atom. The average molecular weight is 424 g/mol. The number of likely N-dealkylation sites (tertiary alicyclic amines) is 1. The van der Waals surface area contributed by atoms with E-state index < -0.39 is 0 Å². The second-order valence-electron chi connectivity index (χ2n) is 8.73. The molecule has 2 aromatic carbocycles. The number of nitrogens with zero attached hydrogens (tertiary/aromatic N) is 4. The molecule has 0 bridgehead atoms. The van der Waals surface area contributed by atoms with E-state index in [0.29, 0.717) is 12.6 Å². The van der Waals surface area contributed by atoms with E-state index in [9.17, 15) is 4.79 Å². The van der Waals surface area contributed by atoms with Gasteiger partial charge in [-0.25, -0.2) is 4.79 Å². The second-order valence-corrected chi connectivity index (χ2v) is 8.73. The van der Waals surface area contributed by atoms with E-state index in [-0.39, 0.29) is 6.03 Å². The molecule has 6 heteroatoms. The molecule has 31 heavy (non-hydrogen) atoms. The van der Waals surface area contributed by atoms with E-state index in [1.165, 1.54) is 18.4 Å². The highest BCUT2D eigenvalue weighted by Crippen LogP contribution is 2.26. The Morgan fingerprint density at radius 2 is 1.61 bits per heavy atom. The number of likely N-dealkylation sites (N-methyl/N-ethyl adjacent to an activating group) is 2. The molecule has 1 heterocycles. The van der Waals surface area contributed by atoms with Gasteiger partial charge in [0.15, 0.2) is 0 Å². The summed E-state index contributed by atoms with van der Waals surface area (Å²) in [6.07, 6.45) is 2.40. The molecular formula is C25H37N5O. The molecular weight excluding hydrogens is 386 g/mol. The number of nitrogens with one attached hydrogen (secondary N) is 1. The molecule has 6 nitrogen and oxygen atoms in total. The van der Waals surface area contributed by atoms with E-state index in [0.717, 1.165) is 37.6 Å². The molecule has 0 saturated carbocycles. The quantitative estimate of drug-likeness (QED) is 0.701. The van der Waals surface area contributed by atoms with Crippen LogP contribution in [-0.4, -0.2) is 81.1 Å². The minimum atomic E-state index is -0.0719. The van der Waals surface area contributed by atoms with Gasteiger partial charge in [-0.1, -0.05) is 42.5 Å². The van der Waals surface area contributed by atoms with Crippen LogP contribution in [-0.2, 0) is 6.54 Å². The van der Waals surface area contributed by atoms with Crippen LogP contribution >= 0.6 is 0 Å². The van der Waals surface area contributed by atoms with E-state index in [1.807, 2.05) is 37.4 Å². The first kappa shape index (κ1) is 23.1. The predicted molar refractivity (Wildman–Crippen MR) is 130 cm³/mol. The van der Waals surface area contributed by atoms with E-state index >= 15 is 0 Å². The predicted octanol–water partition coefficient (Wildman–Crippen LogP) is 3.81. The van der Waals surface area contributed by atoms with Crippen molar-refractivity contribution in [3.8, 4) is 0 Å². The van der Waals surface area contributed by atoms with E-state index in [4.69, 9.17) is 0 Å². The van der Waals surface area contributed by atoms with Crippen molar-refractivity contribution in [3.63, 3.8) is 0 Å². The fourth-order valence-electron chi connectivity index (χ4n) is 4.09. The van der Waals surface area contributed by atoms with Gasteiger partial charge in [0.1, 0.15) is 0 Å². The zero-order valence-electron chi connectivity index (χ0n) is 19.4. The standard InChI is InChI=1S/C25H37N5O/c1-27-16-14-22(15-17-27)28(2)18-19-29(3)25(31)26-23-12-8-9-13-24(23)30(4)20-21-10-6-5-7-11-21/h5-13,22H,14-20H2,1-4H3,(H,26,31). The van der Waals surface area contributed by atoms with Crippen LogP contribution in [0.3, 0.4) is 0 Å². The van der Waals surface area contributed by atoms with Crippen molar-refractivity contribution >= 4 is 17.4 Å². The number of rotatable bonds is 8. The number of hydrogen-bond donors (Lipinski definition) is 1.